The standard InChI is InChI=1S/C14H30N2O/c1-5-17-14(10(2)3)13(16-15)12-8-6-11(4)7-9-12/h10-14,16H,5-9,15H2,1-4H3. The molecule has 0 aromatic carbocycles. The Balaban J connectivity index is 2.61. The number of ether oxygens (including phenoxy) is 1. The Kier molecular flexibility index (Phi) is 6.45. The Labute approximate surface area is 106 Å². The van der Waals surface area contributed by atoms with Crippen LogP contribution in [-0.4, -0.2) is 18.8 Å². The number of nitrogens with one attached hydrogen (secondary N) is 1. The van der Waals surface area contributed by atoms with Gasteiger partial charge in [0.2, 0.25) is 0 Å². The van der Waals surface area contributed by atoms with Crippen molar-refractivity contribution in [3.63, 3.8) is 0 Å². The van der Waals surface area contributed by atoms with E-state index in [1.165, 1.54) is 25.7 Å². The first-order valence-electron chi connectivity index (χ1n) is 7.17. The maximum Gasteiger partial charge on any atom is 0.0766 e. The Morgan fingerprint density at radius 1 is 1.24 bits per heavy atom. The molecule has 0 aliphatic heterocycles. The molecular formula is C14H30N2O. The molecule has 3 N–H and O–H groups in total. The number of hydrogen-bond donors (Lipinski definition) is 2. The van der Waals surface area contributed by atoms with Crippen LogP contribution in [0.15, 0.2) is 0 Å². The van der Waals surface area contributed by atoms with Crippen LogP contribution in [0.4, 0.5) is 0 Å². The van der Waals surface area contributed by atoms with Gasteiger partial charge in [0.05, 0.1) is 12.1 Å². The molecule has 3 nitrogen and oxygen atoms in total. The van der Waals surface area contributed by atoms with Crippen LogP contribution in [0.3, 0.4) is 0 Å². The van der Waals surface area contributed by atoms with Crippen molar-refractivity contribution in [3.05, 3.63) is 0 Å². The second-order valence-corrected chi connectivity index (χ2v) is 5.88. The van der Waals surface area contributed by atoms with Gasteiger partial charge in [-0.1, -0.05) is 33.6 Å². The molecule has 0 bridgehead atoms. The minimum Gasteiger partial charge on any atom is -0.377 e. The highest BCUT2D eigenvalue weighted by atomic mass is 16.5. The summed E-state index contributed by atoms with van der Waals surface area (Å²) in [6.45, 7) is 9.62. The highest BCUT2D eigenvalue weighted by Crippen LogP contribution is 2.33. The summed E-state index contributed by atoms with van der Waals surface area (Å²) in [5, 5.41) is 0. The van der Waals surface area contributed by atoms with Gasteiger partial charge >= 0.3 is 0 Å². The first-order valence-corrected chi connectivity index (χ1v) is 7.17. The summed E-state index contributed by atoms with van der Waals surface area (Å²) in [7, 11) is 0. The molecule has 1 rings (SSSR count). The molecule has 2 atom stereocenters. The molecule has 1 aliphatic rings. The molecule has 0 saturated heterocycles. The topological polar surface area (TPSA) is 47.3 Å². The van der Waals surface area contributed by atoms with Gasteiger partial charge < -0.3 is 4.74 Å². The number of hydrogen-bond acceptors (Lipinski definition) is 3. The number of hydrazine groups is 1. The summed E-state index contributed by atoms with van der Waals surface area (Å²) < 4.78 is 5.89. The van der Waals surface area contributed by atoms with Gasteiger partial charge in [-0.2, -0.15) is 0 Å². The third-order valence-corrected chi connectivity index (χ3v) is 4.13. The van der Waals surface area contributed by atoms with Crippen LogP contribution in [0.25, 0.3) is 0 Å². The summed E-state index contributed by atoms with van der Waals surface area (Å²) in [6.07, 6.45) is 5.47. The van der Waals surface area contributed by atoms with Crippen LogP contribution in [0.2, 0.25) is 0 Å². The van der Waals surface area contributed by atoms with Crippen molar-refractivity contribution in [1.29, 1.82) is 0 Å². The molecule has 2 unspecified atom stereocenters. The minimum atomic E-state index is 0.239. The molecule has 3 heteroatoms. The molecule has 1 fully saturated rings. The van der Waals surface area contributed by atoms with Gasteiger partial charge in [-0.3, -0.25) is 11.3 Å². The quantitative estimate of drug-likeness (QED) is 0.556. The zero-order valence-corrected chi connectivity index (χ0v) is 11.9. The van der Waals surface area contributed by atoms with Crippen molar-refractivity contribution in [3.8, 4) is 0 Å². The van der Waals surface area contributed by atoms with Gasteiger partial charge in [0.25, 0.3) is 0 Å². The molecule has 1 aliphatic carbocycles. The molecule has 0 aromatic heterocycles. The average Bonchev–Trinajstić information content (AvgIpc) is 2.31. The van der Waals surface area contributed by atoms with E-state index in [9.17, 15) is 0 Å². The number of rotatable bonds is 6. The molecule has 0 heterocycles. The minimum absolute atomic E-state index is 0.239. The van der Waals surface area contributed by atoms with Crippen LogP contribution in [0, 0.1) is 17.8 Å². The van der Waals surface area contributed by atoms with E-state index in [0.29, 0.717) is 17.9 Å². The van der Waals surface area contributed by atoms with E-state index in [1.54, 1.807) is 0 Å². The molecule has 17 heavy (non-hydrogen) atoms. The summed E-state index contributed by atoms with van der Waals surface area (Å²) in [5.41, 5.74) is 3.03. The van der Waals surface area contributed by atoms with Crippen molar-refractivity contribution < 1.29 is 4.74 Å². The largest absolute Gasteiger partial charge is 0.377 e. The average molecular weight is 242 g/mol. The molecule has 0 spiro atoms. The lowest BCUT2D eigenvalue weighted by molar-refractivity contribution is -0.0185. The van der Waals surface area contributed by atoms with E-state index in [4.69, 9.17) is 10.6 Å². The molecule has 0 radical (unpaired) electrons. The normalized spacial score (nSPS) is 29.3. The van der Waals surface area contributed by atoms with Gasteiger partial charge in [0.1, 0.15) is 0 Å². The van der Waals surface area contributed by atoms with Gasteiger partial charge in [0, 0.05) is 6.61 Å². The molecular weight excluding hydrogens is 212 g/mol. The molecule has 0 amide bonds. The van der Waals surface area contributed by atoms with Gasteiger partial charge in [-0.05, 0) is 37.5 Å². The van der Waals surface area contributed by atoms with Crippen molar-refractivity contribution in [2.45, 2.75) is 65.5 Å². The fourth-order valence-electron chi connectivity index (χ4n) is 3.05. The van der Waals surface area contributed by atoms with Crippen LogP contribution in [0.5, 0.6) is 0 Å². The molecule has 0 aromatic rings. The Morgan fingerprint density at radius 3 is 2.24 bits per heavy atom. The SMILES string of the molecule is CCOC(C(C)C)C(NN)C1CCC(C)CC1. The van der Waals surface area contributed by atoms with Gasteiger partial charge in [0.15, 0.2) is 0 Å². The first kappa shape index (κ1) is 14.9. The molecule has 102 valence electrons. The lowest BCUT2D eigenvalue weighted by Crippen LogP contribution is -2.52. The summed E-state index contributed by atoms with van der Waals surface area (Å²) >= 11 is 0. The first-order chi connectivity index (χ1) is 8.10. The highest BCUT2D eigenvalue weighted by molar-refractivity contribution is 4.87. The van der Waals surface area contributed by atoms with E-state index >= 15 is 0 Å². The fraction of sp³-hybridized carbons (Fsp3) is 1.00. The van der Waals surface area contributed by atoms with Crippen LogP contribution < -0.4 is 11.3 Å². The van der Waals surface area contributed by atoms with E-state index in [2.05, 4.69) is 33.1 Å². The zero-order chi connectivity index (χ0) is 12.8. The van der Waals surface area contributed by atoms with Crippen molar-refractivity contribution >= 4 is 0 Å². The summed E-state index contributed by atoms with van der Waals surface area (Å²) in [4.78, 5) is 0. The van der Waals surface area contributed by atoms with Crippen molar-refractivity contribution in [2.24, 2.45) is 23.6 Å². The Morgan fingerprint density at radius 2 is 1.82 bits per heavy atom. The van der Waals surface area contributed by atoms with Crippen LogP contribution >= 0.6 is 0 Å². The second kappa shape index (κ2) is 7.34. The lowest BCUT2D eigenvalue weighted by Gasteiger charge is -2.38. The predicted molar refractivity (Wildman–Crippen MR) is 72.5 cm³/mol. The second-order valence-electron chi connectivity index (χ2n) is 5.88. The van der Waals surface area contributed by atoms with E-state index in [0.717, 1.165) is 12.5 Å². The zero-order valence-electron chi connectivity index (χ0n) is 11.9. The predicted octanol–water partition coefficient (Wildman–Crippen LogP) is 2.71. The summed E-state index contributed by atoms with van der Waals surface area (Å²) in [5.74, 6) is 7.85. The maximum atomic E-state index is 5.89. The van der Waals surface area contributed by atoms with Crippen molar-refractivity contribution in [1.82, 2.24) is 5.43 Å². The summed E-state index contributed by atoms with van der Waals surface area (Å²) in [6, 6.07) is 0.308. The number of nitrogens with two attached hydrogens (primary N) is 1. The highest BCUT2D eigenvalue weighted by Gasteiger charge is 2.33. The van der Waals surface area contributed by atoms with E-state index < -0.39 is 0 Å². The Bertz CT molecular complexity index is 200. The van der Waals surface area contributed by atoms with E-state index in [1.807, 2.05) is 0 Å². The smallest absolute Gasteiger partial charge is 0.0766 e. The molecule has 1 saturated carbocycles. The third-order valence-electron chi connectivity index (χ3n) is 4.13. The van der Waals surface area contributed by atoms with Crippen LogP contribution in [-0.2, 0) is 4.74 Å². The fourth-order valence-corrected chi connectivity index (χ4v) is 3.05. The maximum absolute atomic E-state index is 5.89. The monoisotopic (exact) mass is 242 g/mol. The van der Waals surface area contributed by atoms with Gasteiger partial charge in [-0.15, -0.1) is 0 Å². The lowest BCUT2D eigenvalue weighted by atomic mass is 9.76. The van der Waals surface area contributed by atoms with Crippen LogP contribution in [0.1, 0.15) is 53.4 Å². The van der Waals surface area contributed by atoms with Crippen molar-refractivity contribution in [2.75, 3.05) is 6.61 Å². The van der Waals surface area contributed by atoms with E-state index in [-0.39, 0.29) is 6.10 Å². The third kappa shape index (κ3) is 4.23. The Hall–Kier alpha value is -0.120. The van der Waals surface area contributed by atoms with Gasteiger partial charge in [-0.25, -0.2) is 0 Å².